The highest BCUT2D eigenvalue weighted by Crippen LogP contribution is 2.32. The topological polar surface area (TPSA) is 104 Å². The Bertz CT molecular complexity index is 765. The van der Waals surface area contributed by atoms with Gasteiger partial charge in [-0.15, -0.1) is 0 Å². The van der Waals surface area contributed by atoms with Crippen LogP contribution in [0.25, 0.3) is 0 Å². The van der Waals surface area contributed by atoms with Crippen molar-refractivity contribution in [2.45, 2.75) is 63.8 Å². The van der Waals surface area contributed by atoms with Crippen LogP contribution in [0.5, 0.6) is 0 Å². The van der Waals surface area contributed by atoms with E-state index in [9.17, 15) is 14.4 Å². The zero-order valence-corrected chi connectivity index (χ0v) is 16.7. The van der Waals surface area contributed by atoms with Crippen molar-refractivity contribution in [3.05, 3.63) is 18.1 Å². The van der Waals surface area contributed by atoms with Crippen molar-refractivity contribution < 1.29 is 14.4 Å². The largest absolute Gasteiger partial charge is 0.348 e. The van der Waals surface area contributed by atoms with Crippen LogP contribution in [0, 0.1) is 11.8 Å². The number of aromatic nitrogens is 2. The maximum Gasteiger partial charge on any atom is 0.273 e. The average molecular weight is 399 g/mol. The summed E-state index contributed by atoms with van der Waals surface area (Å²) in [6.45, 7) is 1.34. The number of rotatable bonds is 6. The predicted octanol–water partition coefficient (Wildman–Crippen LogP) is 2.13. The van der Waals surface area contributed by atoms with Crippen molar-refractivity contribution in [3.63, 3.8) is 0 Å². The molecule has 0 unspecified atom stereocenters. The summed E-state index contributed by atoms with van der Waals surface area (Å²) in [4.78, 5) is 47.5. The third-order valence-electron chi connectivity index (χ3n) is 6.19. The first kappa shape index (κ1) is 19.8. The summed E-state index contributed by atoms with van der Waals surface area (Å²) in [5, 5.41) is 5.77. The van der Waals surface area contributed by atoms with E-state index < -0.39 is 0 Å². The van der Waals surface area contributed by atoms with E-state index >= 15 is 0 Å². The van der Waals surface area contributed by atoms with Crippen LogP contribution in [0.15, 0.2) is 12.4 Å². The number of nitrogens with one attached hydrogen (secondary N) is 2. The lowest BCUT2D eigenvalue weighted by atomic mass is 10.0. The summed E-state index contributed by atoms with van der Waals surface area (Å²) in [6.07, 6.45) is 11.4. The van der Waals surface area contributed by atoms with Crippen molar-refractivity contribution in [2.75, 3.05) is 18.4 Å². The van der Waals surface area contributed by atoms with Gasteiger partial charge in [0.15, 0.2) is 11.5 Å². The summed E-state index contributed by atoms with van der Waals surface area (Å²) in [5.41, 5.74) is 0.142. The SMILES string of the molecule is O=C(CC1CCCC1)Nc1nccnc1C(=O)NC1CCN(C(=O)C2CC2)CC1. The molecule has 0 bridgehead atoms. The smallest absolute Gasteiger partial charge is 0.273 e. The number of amides is 3. The maximum absolute atomic E-state index is 12.7. The summed E-state index contributed by atoms with van der Waals surface area (Å²) < 4.78 is 0. The summed E-state index contributed by atoms with van der Waals surface area (Å²) in [6, 6.07) is -0.00482. The first-order valence-corrected chi connectivity index (χ1v) is 10.8. The molecule has 3 amide bonds. The summed E-state index contributed by atoms with van der Waals surface area (Å²) in [5.74, 6) is 0.688. The van der Waals surface area contributed by atoms with Gasteiger partial charge in [0, 0.05) is 43.9 Å². The molecule has 1 aromatic rings. The van der Waals surface area contributed by atoms with Crippen molar-refractivity contribution in [2.24, 2.45) is 11.8 Å². The van der Waals surface area contributed by atoms with E-state index in [1.807, 2.05) is 4.90 Å². The van der Waals surface area contributed by atoms with Gasteiger partial charge in [0.1, 0.15) is 0 Å². The molecule has 2 heterocycles. The van der Waals surface area contributed by atoms with Gasteiger partial charge in [0.2, 0.25) is 11.8 Å². The molecule has 3 aliphatic rings. The van der Waals surface area contributed by atoms with E-state index in [4.69, 9.17) is 0 Å². The Morgan fingerprint density at radius 2 is 1.66 bits per heavy atom. The number of anilines is 1. The Balaban J connectivity index is 1.30. The number of carbonyl (C=O) groups excluding carboxylic acids is 3. The van der Waals surface area contributed by atoms with E-state index in [-0.39, 0.29) is 41.2 Å². The van der Waals surface area contributed by atoms with Crippen molar-refractivity contribution >= 4 is 23.5 Å². The summed E-state index contributed by atoms with van der Waals surface area (Å²) >= 11 is 0. The quantitative estimate of drug-likeness (QED) is 0.762. The Hall–Kier alpha value is -2.51. The highest BCUT2D eigenvalue weighted by molar-refractivity contribution is 6.01. The second-order valence-electron chi connectivity index (χ2n) is 8.50. The van der Waals surface area contributed by atoms with Crippen LogP contribution in [-0.4, -0.2) is 51.7 Å². The standard InChI is InChI=1S/C21H29N5O3/c27-17(13-14-3-1-2-4-14)25-19-18(22-9-10-23-19)20(28)24-16-7-11-26(12-8-16)21(29)15-5-6-15/h9-10,14-16H,1-8,11-13H2,(H,24,28)(H,23,25,27). The molecule has 0 radical (unpaired) electrons. The molecule has 2 saturated carbocycles. The molecule has 2 aliphatic carbocycles. The average Bonchev–Trinajstić information content (AvgIpc) is 3.45. The van der Waals surface area contributed by atoms with E-state index in [0.29, 0.717) is 25.4 Å². The van der Waals surface area contributed by atoms with Crippen molar-refractivity contribution in [1.82, 2.24) is 20.2 Å². The first-order valence-electron chi connectivity index (χ1n) is 10.8. The van der Waals surface area contributed by atoms with Crippen molar-refractivity contribution in [1.29, 1.82) is 0 Å². The Morgan fingerprint density at radius 3 is 2.34 bits per heavy atom. The zero-order valence-electron chi connectivity index (χ0n) is 16.7. The lowest BCUT2D eigenvalue weighted by Gasteiger charge is -2.32. The van der Waals surface area contributed by atoms with Gasteiger partial charge in [-0.25, -0.2) is 9.97 Å². The Labute approximate surface area is 170 Å². The van der Waals surface area contributed by atoms with Gasteiger partial charge in [-0.05, 0) is 44.4 Å². The zero-order chi connectivity index (χ0) is 20.2. The summed E-state index contributed by atoms with van der Waals surface area (Å²) in [7, 11) is 0. The van der Waals surface area contributed by atoms with Gasteiger partial charge >= 0.3 is 0 Å². The van der Waals surface area contributed by atoms with Crippen LogP contribution in [0.2, 0.25) is 0 Å². The minimum absolute atomic E-state index is 0.00482. The van der Waals surface area contributed by atoms with E-state index in [1.165, 1.54) is 25.2 Å². The van der Waals surface area contributed by atoms with Crippen LogP contribution in [0.4, 0.5) is 5.82 Å². The molecule has 2 N–H and O–H groups in total. The number of nitrogens with zero attached hydrogens (tertiary/aromatic N) is 3. The Morgan fingerprint density at radius 1 is 0.966 bits per heavy atom. The number of piperidine rings is 1. The molecule has 3 fully saturated rings. The predicted molar refractivity (Wildman–Crippen MR) is 107 cm³/mol. The molecule has 0 atom stereocenters. The van der Waals surface area contributed by atoms with Gasteiger partial charge in [-0.2, -0.15) is 0 Å². The lowest BCUT2D eigenvalue weighted by molar-refractivity contribution is -0.133. The molecule has 0 spiro atoms. The molecule has 1 aromatic heterocycles. The molecular formula is C21H29N5O3. The molecule has 156 valence electrons. The molecule has 0 aromatic carbocycles. The molecule has 8 nitrogen and oxygen atoms in total. The fraction of sp³-hybridized carbons (Fsp3) is 0.667. The van der Waals surface area contributed by atoms with Crippen LogP contribution in [0.3, 0.4) is 0 Å². The second-order valence-corrected chi connectivity index (χ2v) is 8.50. The highest BCUT2D eigenvalue weighted by atomic mass is 16.2. The lowest BCUT2D eigenvalue weighted by Crippen LogP contribution is -2.47. The van der Waals surface area contributed by atoms with Crippen molar-refractivity contribution in [3.8, 4) is 0 Å². The fourth-order valence-electron chi connectivity index (χ4n) is 4.34. The highest BCUT2D eigenvalue weighted by Gasteiger charge is 2.35. The molecule has 29 heavy (non-hydrogen) atoms. The molecular weight excluding hydrogens is 370 g/mol. The fourth-order valence-corrected chi connectivity index (χ4v) is 4.34. The van der Waals surface area contributed by atoms with Gasteiger partial charge < -0.3 is 15.5 Å². The van der Waals surface area contributed by atoms with Crippen LogP contribution in [0.1, 0.15) is 68.3 Å². The molecule has 1 aliphatic heterocycles. The molecule has 4 rings (SSSR count). The minimum Gasteiger partial charge on any atom is -0.348 e. The number of likely N-dealkylation sites (tertiary alicyclic amines) is 1. The number of carbonyl (C=O) groups is 3. The third kappa shape index (κ3) is 5.10. The van der Waals surface area contributed by atoms with E-state index in [0.717, 1.165) is 38.5 Å². The monoisotopic (exact) mass is 399 g/mol. The van der Waals surface area contributed by atoms with Gasteiger partial charge in [-0.3, -0.25) is 14.4 Å². The van der Waals surface area contributed by atoms with Crippen LogP contribution in [-0.2, 0) is 9.59 Å². The van der Waals surface area contributed by atoms with Gasteiger partial charge in [0.25, 0.3) is 5.91 Å². The van der Waals surface area contributed by atoms with Crippen LogP contribution < -0.4 is 10.6 Å². The minimum atomic E-state index is -0.332. The number of hydrogen-bond donors (Lipinski definition) is 2. The first-order chi connectivity index (χ1) is 14.1. The van der Waals surface area contributed by atoms with Crippen LogP contribution >= 0.6 is 0 Å². The van der Waals surface area contributed by atoms with Gasteiger partial charge in [-0.1, -0.05) is 12.8 Å². The third-order valence-corrected chi connectivity index (χ3v) is 6.19. The Kier molecular flexibility index (Phi) is 6.06. The molecule has 1 saturated heterocycles. The van der Waals surface area contributed by atoms with Gasteiger partial charge in [0.05, 0.1) is 0 Å². The normalized spacial score (nSPS) is 20.5. The van der Waals surface area contributed by atoms with E-state index in [1.54, 1.807) is 0 Å². The second kappa shape index (κ2) is 8.88. The molecule has 8 heteroatoms. The number of hydrogen-bond acceptors (Lipinski definition) is 5. The maximum atomic E-state index is 12.7. The van der Waals surface area contributed by atoms with E-state index in [2.05, 4.69) is 20.6 Å².